The molecule has 3 aliphatic heterocycles. The third kappa shape index (κ3) is 28.7. The predicted molar refractivity (Wildman–Crippen MR) is 388 cm³/mol. The monoisotopic (exact) mass is 1560 g/mol. The molecule has 620 valence electrons. The van der Waals surface area contributed by atoms with E-state index in [-0.39, 0.29) is 37.8 Å². The van der Waals surface area contributed by atoms with Crippen molar-refractivity contribution in [1.82, 2.24) is 63.0 Å². The van der Waals surface area contributed by atoms with Gasteiger partial charge in [0.15, 0.2) is 11.5 Å². The number of hydrogen-bond acceptors (Lipinski definition) is 26. The number of rotatable bonds is 25. The van der Waals surface area contributed by atoms with E-state index in [1.165, 1.54) is 19.9 Å². The second-order valence-corrected chi connectivity index (χ2v) is 29.0. The van der Waals surface area contributed by atoms with Crippen LogP contribution in [0.1, 0.15) is 170 Å². The van der Waals surface area contributed by atoms with Crippen LogP contribution in [0.2, 0.25) is 0 Å². The molecular formula is C71H116N14O25. The number of nitrogens with two attached hydrogens (primary N) is 2. The maximum absolute atomic E-state index is 14.8. The zero-order valence-corrected chi connectivity index (χ0v) is 63.6. The molecular weight excluding hydrogens is 1450 g/mol. The van der Waals surface area contributed by atoms with Crippen LogP contribution in [0.15, 0.2) is 18.2 Å². The van der Waals surface area contributed by atoms with E-state index in [4.69, 9.17) is 16.2 Å². The lowest BCUT2D eigenvalue weighted by Crippen LogP contribution is -2.64. The molecule has 0 radical (unpaired) electrons. The molecule has 3 saturated heterocycles. The molecule has 0 saturated carbocycles. The van der Waals surface area contributed by atoms with Gasteiger partial charge in [0, 0.05) is 25.9 Å². The number of benzene rings is 1. The van der Waals surface area contributed by atoms with Crippen LogP contribution in [-0.2, 0) is 78.3 Å². The molecule has 3 fully saturated rings. The second kappa shape index (κ2) is 45.4. The fourth-order valence-corrected chi connectivity index (χ4v) is 12.8. The molecule has 1 aromatic carbocycles. The van der Waals surface area contributed by atoms with Crippen LogP contribution in [0.4, 0.5) is 0 Å². The van der Waals surface area contributed by atoms with Crippen molar-refractivity contribution in [2.45, 2.75) is 292 Å². The van der Waals surface area contributed by atoms with Gasteiger partial charge in [-0.25, -0.2) is 4.79 Å². The smallest absolute Gasteiger partial charge is 0.329 e. The number of nitrogens with one attached hydrogen (secondary N) is 10. The highest BCUT2D eigenvalue weighted by Crippen LogP contribution is 2.28. The maximum atomic E-state index is 14.8. The molecule has 13 amide bonds. The Bertz CT molecular complexity index is 3310. The molecule has 0 bridgehead atoms. The number of unbranched alkanes of at least 4 members (excludes halogenated alkanes) is 9. The number of phenols is 2. The van der Waals surface area contributed by atoms with E-state index in [9.17, 15) is 118 Å². The highest BCUT2D eigenvalue weighted by Gasteiger charge is 2.49. The molecule has 20 unspecified atom stereocenters. The topological polar surface area (TPSA) is 629 Å². The Labute approximate surface area is 637 Å². The van der Waals surface area contributed by atoms with Crippen molar-refractivity contribution >= 4 is 82.8 Å². The largest absolute Gasteiger partial charge is 0.504 e. The lowest BCUT2D eigenvalue weighted by Gasteiger charge is -2.34. The van der Waals surface area contributed by atoms with Crippen LogP contribution < -0.4 is 64.6 Å². The number of aliphatic hydroxyl groups is 8. The molecule has 3 heterocycles. The lowest BCUT2D eigenvalue weighted by atomic mass is 9.99. The van der Waals surface area contributed by atoms with Crippen LogP contribution in [0, 0.1) is 5.92 Å². The van der Waals surface area contributed by atoms with Gasteiger partial charge in [0.05, 0.1) is 68.2 Å². The van der Waals surface area contributed by atoms with Crippen molar-refractivity contribution in [2.24, 2.45) is 17.4 Å². The molecule has 0 aromatic heterocycles. The van der Waals surface area contributed by atoms with Gasteiger partial charge in [-0.1, -0.05) is 91.0 Å². The number of carbonyl (C=O) groups excluding carboxylic acids is 14. The zero-order chi connectivity index (χ0) is 82.5. The van der Waals surface area contributed by atoms with Crippen molar-refractivity contribution < 1.29 is 123 Å². The van der Waals surface area contributed by atoms with Crippen LogP contribution in [-0.4, -0.2) is 291 Å². The first-order valence-electron chi connectivity index (χ1n) is 37.5. The number of amides is 13. The number of esters is 1. The fourth-order valence-electron chi connectivity index (χ4n) is 12.8. The number of phenolic OH excluding ortho intramolecular Hbond substituents is 2. The molecule has 3 aliphatic rings. The lowest BCUT2D eigenvalue weighted by molar-refractivity contribution is -0.161. The van der Waals surface area contributed by atoms with Crippen molar-refractivity contribution in [1.29, 1.82) is 0 Å². The van der Waals surface area contributed by atoms with Crippen molar-refractivity contribution in [3.63, 3.8) is 0 Å². The van der Waals surface area contributed by atoms with E-state index in [0.717, 1.165) is 103 Å². The summed E-state index contributed by atoms with van der Waals surface area (Å²) in [5.74, 6) is -19.2. The first-order valence-corrected chi connectivity index (χ1v) is 37.5. The van der Waals surface area contributed by atoms with Gasteiger partial charge in [0.2, 0.25) is 76.8 Å². The average Bonchev–Trinajstić information content (AvgIpc) is 1.63. The van der Waals surface area contributed by atoms with Gasteiger partial charge in [0.1, 0.15) is 72.6 Å². The standard InChI is InChI=1S/C71H116N14O25/c1-9-10-11-12-13-14-15-16-17-18-21-46(92)50-31-52(97)78-55(36(5)86)65(103)75-35(4)61(99)77-43(27-40-22-23-45(91)48(94)28-40)62(100)80-54(34(2)3)69(107)85-33-41(90)29-44(85)63(101)81-57(38(7)88)67(105)82-58(39(8)89)70(108)84-26-24-47(93)60(84)68(106)83-59(49(95)30-51(73)96)64(102)74-32-53(98)79-56(37(6)87)66(104)76-42(20-19-25-72)71(109)110-50/h22-23,28,34-39,41-44,46-47,49-50,54-60,86-95H,9-21,24-27,29-33,72H2,1-8H3,(H2,73,96)(H,74,102)(H,75,103)(H,76,104)(H,77,99)(H,78,97)(H,79,98)(H,80,100)(H,81,101)(H,82,105)(H,83,106). The summed E-state index contributed by atoms with van der Waals surface area (Å²) < 4.78 is 5.80. The van der Waals surface area contributed by atoms with Crippen molar-refractivity contribution in [2.75, 3.05) is 26.2 Å². The van der Waals surface area contributed by atoms with E-state index in [0.29, 0.717) is 17.7 Å². The van der Waals surface area contributed by atoms with Gasteiger partial charge in [-0.05, 0) is 90.5 Å². The van der Waals surface area contributed by atoms with Crippen LogP contribution in [0.3, 0.4) is 0 Å². The molecule has 39 nitrogen and oxygen atoms in total. The third-order valence-corrected chi connectivity index (χ3v) is 19.2. The first-order chi connectivity index (χ1) is 51.7. The van der Waals surface area contributed by atoms with E-state index in [1.807, 2.05) is 0 Å². The van der Waals surface area contributed by atoms with Gasteiger partial charge >= 0.3 is 5.97 Å². The SMILES string of the molecule is CCCCCCCCCCCCC(O)C1CC(=O)NC(C(C)O)C(=O)NC(C)C(=O)NC(Cc2ccc(O)c(O)c2)C(=O)NC(C(C)C)C(=O)N2CC(O)CC2C(=O)NC(C(C)O)C(=O)NC(C(C)O)C(=O)N2CCC(O)C2C(=O)NC(C(O)CC(N)=O)C(=O)NCC(=O)NC(C(C)O)C(=O)NC(CCCN)C(=O)O1. The Morgan fingerprint density at radius 1 is 0.555 bits per heavy atom. The van der Waals surface area contributed by atoms with E-state index in [2.05, 4.69) is 60.1 Å². The number of aromatic hydroxyl groups is 2. The third-order valence-electron chi connectivity index (χ3n) is 19.2. The van der Waals surface area contributed by atoms with Crippen molar-refractivity contribution in [3.05, 3.63) is 23.8 Å². The summed E-state index contributed by atoms with van der Waals surface area (Å²) >= 11 is 0. The average molecular weight is 1570 g/mol. The number of primary amides is 1. The number of nitrogens with zero attached hydrogens (tertiary/aromatic N) is 2. The minimum absolute atomic E-state index is 0.00886. The summed E-state index contributed by atoms with van der Waals surface area (Å²) in [7, 11) is 0. The number of hydrogen-bond donors (Lipinski definition) is 22. The summed E-state index contributed by atoms with van der Waals surface area (Å²) in [6.45, 7) is 8.22. The predicted octanol–water partition coefficient (Wildman–Crippen LogP) is -6.80. The maximum Gasteiger partial charge on any atom is 0.329 e. The molecule has 39 heteroatoms. The van der Waals surface area contributed by atoms with Gasteiger partial charge in [0.25, 0.3) is 0 Å². The van der Waals surface area contributed by atoms with Crippen LogP contribution in [0.5, 0.6) is 11.5 Å². The normalized spacial score (nSPS) is 28.1. The Morgan fingerprint density at radius 2 is 1.07 bits per heavy atom. The Morgan fingerprint density at radius 3 is 1.64 bits per heavy atom. The van der Waals surface area contributed by atoms with Gasteiger partial charge in [-0.3, -0.25) is 62.3 Å². The minimum atomic E-state index is -2.25. The highest BCUT2D eigenvalue weighted by molar-refractivity contribution is 6.00. The Balaban J connectivity index is 1.83. The number of ether oxygens (including phenoxy) is 1. The quantitative estimate of drug-likeness (QED) is 0.0246. The number of aliphatic hydroxyl groups excluding tert-OH is 8. The van der Waals surface area contributed by atoms with E-state index < -0.39 is 267 Å². The summed E-state index contributed by atoms with van der Waals surface area (Å²) in [4.78, 5) is 199. The summed E-state index contributed by atoms with van der Waals surface area (Å²) in [5.41, 5.74) is 11.3. The molecule has 1 aromatic rings. The van der Waals surface area contributed by atoms with Gasteiger partial charge < -0.3 is 130 Å². The molecule has 0 spiro atoms. The number of carbonyl (C=O) groups is 14. The van der Waals surface area contributed by atoms with E-state index in [1.54, 1.807) is 0 Å². The van der Waals surface area contributed by atoms with Crippen LogP contribution >= 0.6 is 0 Å². The van der Waals surface area contributed by atoms with Crippen LogP contribution in [0.25, 0.3) is 0 Å². The zero-order valence-electron chi connectivity index (χ0n) is 63.6. The summed E-state index contributed by atoms with van der Waals surface area (Å²) in [6, 6.07) is -17.1. The van der Waals surface area contributed by atoms with E-state index >= 15 is 0 Å². The molecule has 24 N–H and O–H groups in total. The van der Waals surface area contributed by atoms with Gasteiger partial charge in [-0.15, -0.1) is 0 Å². The minimum Gasteiger partial charge on any atom is -0.504 e. The second-order valence-electron chi connectivity index (χ2n) is 29.0. The molecule has 0 aliphatic carbocycles. The number of fused-ring (bicyclic) bond motifs is 2. The molecule has 110 heavy (non-hydrogen) atoms. The Hall–Kier alpha value is -8.96. The fraction of sp³-hybridized carbons (Fsp3) is 0.718. The molecule has 20 atom stereocenters. The summed E-state index contributed by atoms with van der Waals surface area (Å²) in [6.07, 6.45) is -10.6. The van der Waals surface area contributed by atoms with Crippen molar-refractivity contribution in [3.8, 4) is 11.5 Å². The summed E-state index contributed by atoms with van der Waals surface area (Å²) in [5, 5.41) is 133. The van der Waals surface area contributed by atoms with Gasteiger partial charge in [-0.2, -0.15) is 0 Å². The number of cyclic esters (lactones) is 1. The Kier molecular flexibility index (Phi) is 38.5. The first kappa shape index (κ1) is 93.4. The molecule has 4 rings (SSSR count). The highest BCUT2D eigenvalue weighted by atomic mass is 16.6.